The molecule has 0 amide bonds. The minimum absolute atomic E-state index is 0.0969. The molecule has 1 aromatic rings. The molecule has 0 spiro atoms. The van der Waals surface area contributed by atoms with Crippen LogP contribution in [-0.2, 0) is 26.4 Å². The van der Waals surface area contributed by atoms with Crippen LogP contribution in [0, 0.1) is 6.92 Å². The Morgan fingerprint density at radius 1 is 0.825 bits per heavy atom. The van der Waals surface area contributed by atoms with Crippen LogP contribution < -0.4 is 18.4 Å². The first-order valence-corrected chi connectivity index (χ1v) is 14.4. The zero-order chi connectivity index (χ0) is 30.0. The fourth-order valence-electron chi connectivity index (χ4n) is 4.56. The summed E-state index contributed by atoms with van der Waals surface area (Å²) in [6, 6.07) is 0. The third kappa shape index (κ3) is 8.80. The number of carboxylic acid groups (broad SMARTS) is 1. The third-order valence-electron chi connectivity index (χ3n) is 6.66. The number of carboxylic acids is 1. The molecule has 6 N–H and O–H groups in total. The van der Waals surface area contributed by atoms with Gasteiger partial charge in [-0.3, -0.25) is 4.55 Å². The molecule has 0 saturated carbocycles. The van der Waals surface area contributed by atoms with Crippen molar-refractivity contribution in [2.24, 2.45) is 0 Å². The number of unbranched alkanes of at least 4 members (excludes halogenated alkanes) is 7. The van der Waals surface area contributed by atoms with Crippen molar-refractivity contribution in [2.45, 2.75) is 95.4 Å². The molecule has 2 rings (SSSR count). The molecule has 0 bridgehead atoms. The summed E-state index contributed by atoms with van der Waals surface area (Å²) in [5.41, 5.74) is 0.525. The molecule has 14 nitrogen and oxygen atoms in total. The van der Waals surface area contributed by atoms with Gasteiger partial charge in [0.05, 0.1) is 14.2 Å². The Morgan fingerprint density at radius 3 is 1.85 bits per heavy atom. The lowest BCUT2D eigenvalue weighted by atomic mass is 9.97. The molecule has 1 heterocycles. The smallest absolute Gasteiger partial charge is 0.446 e. The van der Waals surface area contributed by atoms with Gasteiger partial charge in [-0.05, 0) is 26.2 Å². The van der Waals surface area contributed by atoms with Gasteiger partial charge in [0, 0.05) is 17.7 Å². The van der Waals surface area contributed by atoms with E-state index in [1.54, 1.807) is 0 Å². The Kier molecular flexibility index (Phi) is 13.1. The second kappa shape index (κ2) is 15.6. The van der Waals surface area contributed by atoms with Crippen LogP contribution in [0.3, 0.4) is 0 Å². The predicted molar refractivity (Wildman–Crippen MR) is 139 cm³/mol. The van der Waals surface area contributed by atoms with Crippen molar-refractivity contribution < 1.29 is 66.4 Å². The van der Waals surface area contributed by atoms with E-state index >= 15 is 0 Å². The molecule has 40 heavy (non-hydrogen) atoms. The maximum Gasteiger partial charge on any atom is 0.446 e. The van der Waals surface area contributed by atoms with Gasteiger partial charge >= 0.3 is 16.4 Å². The number of methoxy groups -OCH3 is 2. The molecule has 5 atom stereocenters. The summed E-state index contributed by atoms with van der Waals surface area (Å²) in [6.07, 6.45) is -2.08. The first kappa shape index (κ1) is 33.8. The standard InChI is InChI=1S/C25H40O14S/c1-14-15(12-10-8-6-4-5-7-9-11-13-26)20(23(36-3)22(35-2)19(14)39-40(32,33)34)37-25-18(29)16(27)17(28)21(38-25)24(30)31/h16-18,21,25-29H,4-13H2,1-3H3,(H,30,31)(H,32,33,34)/t16-,17-,18+,21-,25+/m0/s1. The molecule has 1 aliphatic rings. The van der Waals surface area contributed by atoms with Crippen LogP contribution in [0.4, 0.5) is 0 Å². The molecule has 0 aromatic heterocycles. The molecule has 1 aromatic carbocycles. The molecule has 0 unspecified atom stereocenters. The molecule has 0 aliphatic carbocycles. The van der Waals surface area contributed by atoms with Gasteiger partial charge in [-0.15, -0.1) is 0 Å². The van der Waals surface area contributed by atoms with E-state index in [4.69, 9.17) is 28.2 Å². The highest BCUT2D eigenvalue weighted by Gasteiger charge is 2.48. The van der Waals surface area contributed by atoms with Gasteiger partial charge in [-0.25, -0.2) is 4.79 Å². The summed E-state index contributed by atoms with van der Waals surface area (Å²) >= 11 is 0. The lowest BCUT2D eigenvalue weighted by molar-refractivity contribution is -0.271. The van der Waals surface area contributed by atoms with E-state index in [1.807, 2.05) is 0 Å². The van der Waals surface area contributed by atoms with Gasteiger partial charge in [0.1, 0.15) is 18.3 Å². The van der Waals surface area contributed by atoms with Crippen LogP contribution in [0.5, 0.6) is 23.0 Å². The third-order valence-corrected chi connectivity index (χ3v) is 7.04. The largest absolute Gasteiger partial charge is 0.490 e. The van der Waals surface area contributed by atoms with Gasteiger partial charge in [0.25, 0.3) is 0 Å². The first-order valence-electron chi connectivity index (χ1n) is 13.0. The SMILES string of the molecule is COc1c(OS(=O)(=O)O)c(C)c(CCCCCCCCCCO)c(O[C@@H]2O[C@H](C(=O)O)[C@@H](O)[C@H](O)[C@H]2O)c1OC. The summed E-state index contributed by atoms with van der Waals surface area (Å²) in [5.74, 6) is -2.53. The maximum absolute atomic E-state index is 11.6. The van der Waals surface area contributed by atoms with Crippen LogP contribution >= 0.6 is 0 Å². The molecule has 1 aliphatic heterocycles. The Balaban J connectivity index is 2.42. The minimum Gasteiger partial charge on any atom is -0.490 e. The lowest BCUT2D eigenvalue weighted by Gasteiger charge is -2.39. The van der Waals surface area contributed by atoms with E-state index in [1.165, 1.54) is 21.1 Å². The van der Waals surface area contributed by atoms with E-state index in [2.05, 4.69) is 0 Å². The van der Waals surface area contributed by atoms with Crippen LogP contribution in [0.2, 0.25) is 0 Å². The van der Waals surface area contributed by atoms with Crippen molar-refractivity contribution in [3.8, 4) is 23.0 Å². The molecule has 1 saturated heterocycles. The summed E-state index contributed by atoms with van der Waals surface area (Å²) in [7, 11) is -2.58. The summed E-state index contributed by atoms with van der Waals surface area (Å²) in [5, 5.41) is 49.0. The highest BCUT2D eigenvalue weighted by Crippen LogP contribution is 2.51. The summed E-state index contributed by atoms with van der Waals surface area (Å²) in [4.78, 5) is 11.6. The number of ether oxygens (including phenoxy) is 4. The molecule has 1 fully saturated rings. The highest BCUT2D eigenvalue weighted by molar-refractivity contribution is 7.81. The lowest BCUT2D eigenvalue weighted by Crippen LogP contribution is -2.61. The number of rotatable bonds is 17. The highest BCUT2D eigenvalue weighted by atomic mass is 32.3. The van der Waals surface area contributed by atoms with Crippen molar-refractivity contribution in [2.75, 3.05) is 20.8 Å². The van der Waals surface area contributed by atoms with E-state index < -0.39 is 47.1 Å². The number of aliphatic hydroxyl groups is 4. The van der Waals surface area contributed by atoms with E-state index in [-0.39, 0.29) is 41.6 Å². The van der Waals surface area contributed by atoms with Crippen molar-refractivity contribution in [3.05, 3.63) is 11.1 Å². The summed E-state index contributed by atoms with van der Waals surface area (Å²) < 4.78 is 59.2. The van der Waals surface area contributed by atoms with E-state index in [9.17, 15) is 38.2 Å². The van der Waals surface area contributed by atoms with Gasteiger partial charge in [-0.1, -0.05) is 38.5 Å². The van der Waals surface area contributed by atoms with Crippen LogP contribution in [-0.4, -0.2) is 96.0 Å². The quantitative estimate of drug-likeness (QED) is 0.110. The number of aliphatic carboxylic acids is 1. The van der Waals surface area contributed by atoms with Gasteiger partial charge in [0.15, 0.2) is 17.6 Å². The number of aliphatic hydroxyl groups excluding tert-OH is 4. The van der Waals surface area contributed by atoms with Gasteiger partial charge in [0.2, 0.25) is 17.8 Å². The fourth-order valence-corrected chi connectivity index (χ4v) is 4.97. The number of hydrogen-bond acceptors (Lipinski definition) is 12. The second-order valence-electron chi connectivity index (χ2n) is 9.49. The number of hydrogen-bond donors (Lipinski definition) is 6. The number of carbonyl (C=O) groups is 1. The monoisotopic (exact) mass is 596 g/mol. The van der Waals surface area contributed by atoms with Crippen molar-refractivity contribution in [3.63, 3.8) is 0 Å². The van der Waals surface area contributed by atoms with Gasteiger partial charge < -0.3 is 48.7 Å². The van der Waals surface area contributed by atoms with Crippen LogP contribution in [0.15, 0.2) is 0 Å². The van der Waals surface area contributed by atoms with E-state index in [0.717, 1.165) is 44.9 Å². The molecular formula is C25H40O14S. The number of benzene rings is 1. The summed E-state index contributed by atoms with van der Waals surface area (Å²) in [6.45, 7) is 1.67. The Hall–Kier alpha value is -2.40. The zero-order valence-corrected chi connectivity index (χ0v) is 23.6. The second-order valence-corrected chi connectivity index (χ2v) is 10.5. The normalized spacial score (nSPS) is 23.1. The molecule has 0 radical (unpaired) electrons. The van der Waals surface area contributed by atoms with Crippen molar-refractivity contribution >= 4 is 16.4 Å². The predicted octanol–water partition coefficient (Wildman–Crippen LogP) is 1.12. The first-order chi connectivity index (χ1) is 18.9. The van der Waals surface area contributed by atoms with Crippen molar-refractivity contribution in [1.82, 2.24) is 0 Å². The minimum atomic E-state index is -4.98. The average molecular weight is 597 g/mol. The topological polar surface area (TPSA) is 219 Å². The molecule has 230 valence electrons. The zero-order valence-electron chi connectivity index (χ0n) is 22.8. The Labute approximate surface area is 233 Å². The molecular weight excluding hydrogens is 556 g/mol. The van der Waals surface area contributed by atoms with Crippen LogP contribution in [0.1, 0.15) is 62.5 Å². The molecule has 15 heteroatoms. The van der Waals surface area contributed by atoms with E-state index in [0.29, 0.717) is 12.0 Å². The Morgan fingerprint density at radius 2 is 1.35 bits per heavy atom. The Bertz CT molecular complexity index is 1080. The van der Waals surface area contributed by atoms with Crippen LogP contribution in [0.25, 0.3) is 0 Å². The fraction of sp³-hybridized carbons (Fsp3) is 0.720. The van der Waals surface area contributed by atoms with Gasteiger partial charge in [-0.2, -0.15) is 8.42 Å². The maximum atomic E-state index is 11.6. The van der Waals surface area contributed by atoms with Crippen molar-refractivity contribution in [1.29, 1.82) is 0 Å². The average Bonchev–Trinajstić information content (AvgIpc) is 2.89.